The van der Waals surface area contributed by atoms with Crippen molar-refractivity contribution >= 4 is 46.8 Å². The first kappa shape index (κ1) is 29.6. The fourth-order valence-electron chi connectivity index (χ4n) is 5.58. The number of fused-ring (bicyclic) bond motifs is 1. The van der Waals surface area contributed by atoms with Gasteiger partial charge in [-0.05, 0) is 87.1 Å². The van der Waals surface area contributed by atoms with Crippen LogP contribution in [0.5, 0.6) is 0 Å². The minimum absolute atomic E-state index is 0.127. The zero-order valence-electron chi connectivity index (χ0n) is 23.9. The lowest BCUT2D eigenvalue weighted by Crippen LogP contribution is -2.51. The minimum Gasteiger partial charge on any atom is -0.351 e. The van der Waals surface area contributed by atoms with Gasteiger partial charge in [0.2, 0.25) is 5.91 Å². The first-order chi connectivity index (χ1) is 20.3. The number of hydrogen-bond donors (Lipinski definition) is 2. The lowest BCUT2D eigenvalue weighted by Gasteiger charge is -2.33. The summed E-state index contributed by atoms with van der Waals surface area (Å²) in [5.41, 5.74) is 2.22. The number of aliphatic imine (C=N–C) groups is 1. The van der Waals surface area contributed by atoms with Crippen LogP contribution in [0.3, 0.4) is 0 Å². The van der Waals surface area contributed by atoms with Gasteiger partial charge in [0.15, 0.2) is 0 Å². The minimum atomic E-state index is -0.326. The number of urea groups is 1. The van der Waals surface area contributed by atoms with E-state index in [1.165, 1.54) is 4.57 Å². The number of piperidine rings is 1. The Bertz CT molecular complexity index is 1630. The van der Waals surface area contributed by atoms with E-state index in [0.717, 1.165) is 36.8 Å². The molecule has 1 aliphatic carbocycles. The number of carbonyl (C=O) groups is 2. The van der Waals surface area contributed by atoms with E-state index in [1.54, 1.807) is 27.7 Å². The molecule has 10 nitrogen and oxygen atoms in total. The van der Waals surface area contributed by atoms with Crippen molar-refractivity contribution in [3.8, 4) is 0 Å². The second kappa shape index (κ2) is 12.9. The van der Waals surface area contributed by atoms with E-state index < -0.39 is 0 Å². The fraction of sp³-hybridized carbons (Fsp3) is 0.452. The van der Waals surface area contributed by atoms with Gasteiger partial charge in [-0.2, -0.15) is 0 Å². The van der Waals surface area contributed by atoms with Crippen LogP contribution in [0.25, 0.3) is 10.9 Å². The molecule has 1 aliphatic heterocycles. The van der Waals surface area contributed by atoms with E-state index in [4.69, 9.17) is 11.6 Å². The van der Waals surface area contributed by atoms with Crippen molar-refractivity contribution in [2.24, 2.45) is 10.9 Å². The molecule has 3 aromatic rings. The van der Waals surface area contributed by atoms with Gasteiger partial charge >= 0.3 is 11.7 Å². The van der Waals surface area contributed by atoms with Gasteiger partial charge in [-0.15, -0.1) is 0 Å². The number of rotatable bonds is 10. The molecule has 0 bridgehead atoms. The average molecular weight is 593 g/mol. The van der Waals surface area contributed by atoms with E-state index >= 15 is 0 Å². The number of aromatic nitrogens is 2. The number of hydrogen-bond acceptors (Lipinski definition) is 5. The Morgan fingerprint density at radius 2 is 1.90 bits per heavy atom. The smallest absolute Gasteiger partial charge is 0.331 e. The van der Waals surface area contributed by atoms with Crippen molar-refractivity contribution in [2.75, 3.05) is 25.0 Å². The van der Waals surface area contributed by atoms with Crippen LogP contribution in [0, 0.1) is 5.92 Å². The maximum atomic E-state index is 13.2. The molecule has 2 aromatic carbocycles. The van der Waals surface area contributed by atoms with Gasteiger partial charge in [0.05, 0.1) is 17.3 Å². The summed E-state index contributed by atoms with van der Waals surface area (Å²) in [6, 6.07) is 10.2. The van der Waals surface area contributed by atoms with E-state index in [9.17, 15) is 19.2 Å². The molecular formula is C31H37ClN6O4. The van der Waals surface area contributed by atoms with Gasteiger partial charge in [-0.25, -0.2) is 9.59 Å². The van der Waals surface area contributed by atoms with Crippen LogP contribution in [-0.4, -0.2) is 58.4 Å². The van der Waals surface area contributed by atoms with E-state index in [-0.39, 0.29) is 35.6 Å². The molecule has 1 saturated carbocycles. The summed E-state index contributed by atoms with van der Waals surface area (Å²) < 4.78 is 2.93. The van der Waals surface area contributed by atoms with Gasteiger partial charge in [0, 0.05) is 49.5 Å². The molecule has 0 radical (unpaired) electrons. The molecular weight excluding hydrogens is 556 g/mol. The van der Waals surface area contributed by atoms with Gasteiger partial charge < -0.3 is 20.5 Å². The lowest BCUT2D eigenvalue weighted by atomic mass is 10.0. The van der Waals surface area contributed by atoms with Crippen LogP contribution >= 0.6 is 11.6 Å². The Kier molecular flexibility index (Phi) is 9.11. The average Bonchev–Trinajstić information content (AvgIpc) is 3.80. The molecule has 0 spiro atoms. The highest BCUT2D eigenvalue weighted by Crippen LogP contribution is 2.30. The van der Waals surface area contributed by atoms with Gasteiger partial charge in [-0.3, -0.25) is 18.7 Å². The zero-order valence-corrected chi connectivity index (χ0v) is 24.7. The Labute approximate surface area is 249 Å². The summed E-state index contributed by atoms with van der Waals surface area (Å²) >= 11 is 6.38. The standard InChI is InChI=1S/C31H37ClN6O4/c1-3-37-27-11-10-23(17-25(27)29(40)38(31(37)42)18-20-6-7-20)35-30(41)36-14-4-5-24(19-36)34-28(39)16-21-8-9-22(12-13-33-2)26(32)15-21/h8-11,15,17,20,24H,2-7,12-14,16,18-19H2,1H3,(H,34,39)(H,35,41). The third kappa shape index (κ3) is 6.75. The van der Waals surface area contributed by atoms with Crippen molar-refractivity contribution < 1.29 is 9.59 Å². The Balaban J connectivity index is 1.22. The maximum absolute atomic E-state index is 13.2. The topological polar surface area (TPSA) is 118 Å². The summed E-state index contributed by atoms with van der Waals surface area (Å²) in [6.07, 6.45) is 4.48. The van der Waals surface area contributed by atoms with Crippen molar-refractivity contribution in [2.45, 2.75) is 64.6 Å². The van der Waals surface area contributed by atoms with Crippen LogP contribution in [0.2, 0.25) is 5.02 Å². The molecule has 222 valence electrons. The van der Waals surface area contributed by atoms with Crippen LogP contribution in [0.1, 0.15) is 43.7 Å². The molecule has 1 unspecified atom stereocenters. The molecule has 5 rings (SSSR count). The van der Waals surface area contributed by atoms with Crippen molar-refractivity contribution in [1.82, 2.24) is 19.4 Å². The largest absolute Gasteiger partial charge is 0.351 e. The predicted molar refractivity (Wildman–Crippen MR) is 166 cm³/mol. The highest BCUT2D eigenvalue weighted by molar-refractivity contribution is 6.31. The van der Waals surface area contributed by atoms with E-state index in [2.05, 4.69) is 22.3 Å². The number of likely N-dealkylation sites (tertiary alicyclic amines) is 1. The number of nitrogens with one attached hydrogen (secondary N) is 2. The quantitative estimate of drug-likeness (QED) is 0.348. The molecule has 42 heavy (non-hydrogen) atoms. The molecule has 2 N–H and O–H groups in total. The summed E-state index contributed by atoms with van der Waals surface area (Å²) in [6.45, 7) is 7.77. The highest BCUT2D eigenvalue weighted by Gasteiger charge is 2.26. The number of aryl methyl sites for hydroxylation is 1. The van der Waals surface area contributed by atoms with Gasteiger partial charge in [-0.1, -0.05) is 23.7 Å². The SMILES string of the molecule is C=NCCc1ccc(CC(=O)NC2CCCN(C(=O)Nc3ccc4c(c3)c(=O)n(CC3CC3)c(=O)n4CC)C2)cc1Cl. The predicted octanol–water partition coefficient (Wildman–Crippen LogP) is 3.84. The van der Waals surface area contributed by atoms with Gasteiger partial charge in [0.25, 0.3) is 5.56 Å². The first-order valence-electron chi connectivity index (χ1n) is 14.6. The molecule has 11 heteroatoms. The van der Waals surface area contributed by atoms with Crippen molar-refractivity contribution in [1.29, 1.82) is 0 Å². The third-order valence-electron chi connectivity index (χ3n) is 8.03. The van der Waals surface area contributed by atoms with Crippen LogP contribution in [0.15, 0.2) is 51.0 Å². The van der Waals surface area contributed by atoms with Crippen molar-refractivity contribution in [3.63, 3.8) is 0 Å². The molecule has 2 fully saturated rings. The Morgan fingerprint density at radius 1 is 1.10 bits per heavy atom. The number of anilines is 1. The molecule has 2 aliphatic rings. The molecule has 1 saturated heterocycles. The van der Waals surface area contributed by atoms with E-state index in [0.29, 0.717) is 66.7 Å². The van der Waals surface area contributed by atoms with E-state index in [1.807, 2.05) is 25.1 Å². The second-order valence-electron chi connectivity index (χ2n) is 11.2. The maximum Gasteiger partial charge on any atom is 0.331 e. The Hall–Kier alpha value is -3.92. The molecule has 1 aromatic heterocycles. The fourth-order valence-corrected chi connectivity index (χ4v) is 5.87. The number of benzene rings is 2. The molecule has 3 amide bonds. The number of nitrogens with zero attached hydrogens (tertiary/aromatic N) is 4. The highest BCUT2D eigenvalue weighted by atomic mass is 35.5. The van der Waals surface area contributed by atoms with Crippen LogP contribution in [-0.2, 0) is 30.7 Å². The van der Waals surface area contributed by atoms with Crippen LogP contribution < -0.4 is 21.9 Å². The Morgan fingerprint density at radius 3 is 2.62 bits per heavy atom. The lowest BCUT2D eigenvalue weighted by molar-refractivity contribution is -0.121. The first-order valence-corrected chi connectivity index (χ1v) is 15.0. The van der Waals surface area contributed by atoms with Gasteiger partial charge in [0.1, 0.15) is 0 Å². The van der Waals surface area contributed by atoms with Crippen molar-refractivity contribution in [3.05, 3.63) is 73.4 Å². The summed E-state index contributed by atoms with van der Waals surface area (Å²) in [7, 11) is 0. The summed E-state index contributed by atoms with van der Waals surface area (Å²) in [5.74, 6) is 0.245. The van der Waals surface area contributed by atoms with Crippen LogP contribution in [0.4, 0.5) is 10.5 Å². The number of carbonyl (C=O) groups excluding carboxylic acids is 2. The zero-order chi connectivity index (χ0) is 29.8. The summed E-state index contributed by atoms with van der Waals surface area (Å²) in [4.78, 5) is 57.7. The number of amides is 3. The molecule has 2 heterocycles. The number of halogens is 1. The normalized spacial score (nSPS) is 16.8. The molecule has 1 atom stereocenters. The second-order valence-corrected chi connectivity index (χ2v) is 11.6. The summed E-state index contributed by atoms with van der Waals surface area (Å²) in [5, 5.41) is 6.98. The monoisotopic (exact) mass is 592 g/mol. The third-order valence-corrected chi connectivity index (χ3v) is 8.38.